The number of aryl methyl sites for hydroxylation is 1. The Bertz CT molecular complexity index is 957. The van der Waals surface area contributed by atoms with Crippen molar-refractivity contribution in [3.05, 3.63) is 77.4 Å². The van der Waals surface area contributed by atoms with Crippen molar-refractivity contribution in [2.45, 2.75) is 33.0 Å². The Hall–Kier alpha value is -2.62. The lowest BCUT2D eigenvalue weighted by Crippen LogP contribution is -2.39. The highest BCUT2D eigenvalue weighted by atomic mass is 127. The van der Waals surface area contributed by atoms with E-state index >= 15 is 0 Å². The Kier molecular flexibility index (Phi) is 9.10. The quantitative estimate of drug-likeness (QED) is 0.282. The topological polar surface area (TPSA) is 76.4 Å². The molecule has 0 aliphatic rings. The van der Waals surface area contributed by atoms with Crippen LogP contribution in [0.25, 0.3) is 0 Å². The molecule has 0 bridgehead atoms. The largest absolute Gasteiger partial charge is 0.496 e. The standard InChI is InChI=1S/C22H28N6O.HI/c1-16(18-10-6-5-7-11-18)25-22(24-15-21-27-26-17(2)28(21)3)23-14-19-12-8-9-13-20(19)29-4;/h5-13,16H,14-15H2,1-4H3,(H2,23,24,25);1H. The molecule has 2 aromatic carbocycles. The van der Waals surface area contributed by atoms with Gasteiger partial charge in [-0.1, -0.05) is 48.5 Å². The summed E-state index contributed by atoms with van der Waals surface area (Å²) in [4.78, 5) is 4.78. The Morgan fingerprint density at radius 3 is 2.47 bits per heavy atom. The van der Waals surface area contributed by atoms with Crippen LogP contribution in [-0.2, 0) is 20.1 Å². The molecule has 8 heteroatoms. The number of aromatic nitrogens is 3. The molecule has 0 fully saturated rings. The van der Waals surface area contributed by atoms with Crippen molar-refractivity contribution < 1.29 is 4.74 Å². The first kappa shape index (κ1) is 23.7. The number of hydrogen-bond donors (Lipinski definition) is 2. The monoisotopic (exact) mass is 520 g/mol. The lowest BCUT2D eigenvalue weighted by Gasteiger charge is -2.19. The fourth-order valence-electron chi connectivity index (χ4n) is 2.95. The maximum Gasteiger partial charge on any atom is 0.192 e. The highest BCUT2D eigenvalue weighted by Gasteiger charge is 2.11. The van der Waals surface area contributed by atoms with Gasteiger partial charge in [0.1, 0.15) is 11.6 Å². The van der Waals surface area contributed by atoms with E-state index in [0.717, 1.165) is 23.0 Å². The number of methoxy groups -OCH3 is 1. The maximum absolute atomic E-state index is 5.44. The minimum atomic E-state index is 0. The van der Waals surface area contributed by atoms with Crippen molar-refractivity contribution in [2.75, 3.05) is 7.11 Å². The van der Waals surface area contributed by atoms with Gasteiger partial charge in [-0.2, -0.15) is 0 Å². The van der Waals surface area contributed by atoms with Gasteiger partial charge in [0.15, 0.2) is 11.8 Å². The number of aliphatic imine (C=N–C) groups is 1. The first-order valence-electron chi connectivity index (χ1n) is 9.65. The summed E-state index contributed by atoms with van der Waals surface area (Å²) in [5, 5.41) is 15.2. The summed E-state index contributed by atoms with van der Waals surface area (Å²) in [6.45, 7) is 5.07. The molecule has 3 rings (SSSR count). The molecule has 30 heavy (non-hydrogen) atoms. The fraction of sp³-hybridized carbons (Fsp3) is 0.318. The Balaban J connectivity index is 0.00000320. The first-order chi connectivity index (χ1) is 14.1. The van der Waals surface area contributed by atoms with Gasteiger partial charge in [-0.3, -0.25) is 0 Å². The first-order valence-corrected chi connectivity index (χ1v) is 9.65. The van der Waals surface area contributed by atoms with Crippen LogP contribution in [0.3, 0.4) is 0 Å². The molecule has 0 saturated heterocycles. The zero-order valence-corrected chi connectivity index (χ0v) is 20.1. The lowest BCUT2D eigenvalue weighted by molar-refractivity contribution is 0.410. The summed E-state index contributed by atoms with van der Waals surface area (Å²) in [5.41, 5.74) is 2.21. The van der Waals surface area contributed by atoms with E-state index in [9.17, 15) is 0 Å². The molecule has 1 aromatic heterocycles. The molecule has 1 atom stereocenters. The van der Waals surface area contributed by atoms with E-state index in [-0.39, 0.29) is 30.0 Å². The summed E-state index contributed by atoms with van der Waals surface area (Å²) in [7, 11) is 3.63. The van der Waals surface area contributed by atoms with Crippen molar-refractivity contribution in [3.8, 4) is 5.75 Å². The average molecular weight is 520 g/mol. The number of para-hydroxylation sites is 1. The number of benzene rings is 2. The highest BCUT2D eigenvalue weighted by molar-refractivity contribution is 14.0. The van der Waals surface area contributed by atoms with E-state index < -0.39 is 0 Å². The average Bonchev–Trinajstić information content (AvgIpc) is 3.08. The second-order valence-electron chi connectivity index (χ2n) is 6.83. The maximum atomic E-state index is 5.44. The van der Waals surface area contributed by atoms with Crippen molar-refractivity contribution in [2.24, 2.45) is 12.0 Å². The van der Waals surface area contributed by atoms with Crippen LogP contribution in [0.2, 0.25) is 0 Å². The predicted octanol–water partition coefficient (Wildman–Crippen LogP) is 3.75. The van der Waals surface area contributed by atoms with Crippen LogP contribution in [0.15, 0.2) is 59.6 Å². The number of nitrogens with zero attached hydrogens (tertiary/aromatic N) is 4. The third kappa shape index (κ3) is 6.19. The lowest BCUT2D eigenvalue weighted by atomic mass is 10.1. The molecule has 1 unspecified atom stereocenters. The molecule has 3 aromatic rings. The zero-order chi connectivity index (χ0) is 20.6. The summed E-state index contributed by atoms with van der Waals surface area (Å²) in [5.74, 6) is 3.25. The van der Waals surface area contributed by atoms with Crippen LogP contribution in [0.4, 0.5) is 0 Å². The number of nitrogens with one attached hydrogen (secondary N) is 2. The van der Waals surface area contributed by atoms with Gasteiger partial charge in [-0.15, -0.1) is 34.2 Å². The molecular weight excluding hydrogens is 491 g/mol. The van der Waals surface area contributed by atoms with Crippen LogP contribution < -0.4 is 15.4 Å². The molecule has 2 N–H and O–H groups in total. The third-order valence-corrected chi connectivity index (χ3v) is 4.85. The van der Waals surface area contributed by atoms with E-state index in [1.807, 2.05) is 61.0 Å². The van der Waals surface area contributed by atoms with Crippen molar-refractivity contribution in [1.29, 1.82) is 0 Å². The highest BCUT2D eigenvalue weighted by Crippen LogP contribution is 2.18. The van der Waals surface area contributed by atoms with Crippen LogP contribution in [-0.4, -0.2) is 27.8 Å². The van der Waals surface area contributed by atoms with Gasteiger partial charge in [0, 0.05) is 12.6 Å². The molecule has 0 radical (unpaired) electrons. The van der Waals surface area contributed by atoms with Crippen molar-refractivity contribution in [1.82, 2.24) is 25.4 Å². The Labute approximate surface area is 195 Å². The van der Waals surface area contributed by atoms with Gasteiger partial charge in [0.25, 0.3) is 0 Å². The van der Waals surface area contributed by atoms with Gasteiger partial charge in [-0.25, -0.2) is 4.99 Å². The van der Waals surface area contributed by atoms with E-state index in [2.05, 4.69) is 39.9 Å². The molecule has 0 amide bonds. The zero-order valence-electron chi connectivity index (χ0n) is 17.8. The van der Waals surface area contributed by atoms with E-state index in [0.29, 0.717) is 19.0 Å². The fourth-order valence-corrected chi connectivity index (χ4v) is 2.95. The minimum absolute atomic E-state index is 0. The van der Waals surface area contributed by atoms with E-state index in [1.165, 1.54) is 5.56 Å². The van der Waals surface area contributed by atoms with Crippen LogP contribution in [0.1, 0.15) is 35.7 Å². The number of hydrogen-bond acceptors (Lipinski definition) is 4. The molecular formula is C22H29IN6O. The van der Waals surface area contributed by atoms with Gasteiger partial charge < -0.3 is 19.9 Å². The smallest absolute Gasteiger partial charge is 0.192 e. The molecule has 7 nitrogen and oxygen atoms in total. The summed E-state index contributed by atoms with van der Waals surface area (Å²) >= 11 is 0. The van der Waals surface area contributed by atoms with E-state index in [4.69, 9.17) is 9.73 Å². The normalized spacial score (nSPS) is 12.1. The third-order valence-electron chi connectivity index (χ3n) is 4.85. The van der Waals surface area contributed by atoms with Gasteiger partial charge in [0.05, 0.1) is 26.2 Å². The van der Waals surface area contributed by atoms with Gasteiger partial charge in [-0.05, 0) is 25.5 Å². The second kappa shape index (κ2) is 11.5. The Morgan fingerprint density at radius 2 is 1.80 bits per heavy atom. The second-order valence-corrected chi connectivity index (χ2v) is 6.83. The van der Waals surface area contributed by atoms with Gasteiger partial charge in [0.2, 0.25) is 0 Å². The molecule has 0 spiro atoms. The van der Waals surface area contributed by atoms with E-state index in [1.54, 1.807) is 7.11 Å². The number of ether oxygens (including phenoxy) is 1. The van der Waals surface area contributed by atoms with Crippen LogP contribution in [0.5, 0.6) is 5.75 Å². The number of halogens is 1. The molecule has 160 valence electrons. The SMILES string of the molecule is COc1ccccc1CN=C(NCc1nnc(C)n1C)NC(C)c1ccccc1.I. The number of rotatable bonds is 7. The van der Waals surface area contributed by atoms with Crippen molar-refractivity contribution >= 4 is 29.9 Å². The van der Waals surface area contributed by atoms with Crippen LogP contribution >= 0.6 is 24.0 Å². The molecule has 0 aliphatic heterocycles. The molecule has 1 heterocycles. The minimum Gasteiger partial charge on any atom is -0.496 e. The predicted molar refractivity (Wildman–Crippen MR) is 130 cm³/mol. The summed E-state index contributed by atoms with van der Waals surface area (Å²) < 4.78 is 7.41. The number of guanidine groups is 1. The summed E-state index contributed by atoms with van der Waals surface area (Å²) in [6, 6.07) is 18.3. The Morgan fingerprint density at radius 1 is 1.10 bits per heavy atom. The summed E-state index contributed by atoms with van der Waals surface area (Å²) in [6.07, 6.45) is 0. The van der Waals surface area contributed by atoms with Gasteiger partial charge >= 0.3 is 0 Å². The van der Waals surface area contributed by atoms with Crippen LogP contribution in [0, 0.1) is 6.92 Å². The van der Waals surface area contributed by atoms with Crippen molar-refractivity contribution in [3.63, 3.8) is 0 Å². The molecule has 0 saturated carbocycles. The molecule has 0 aliphatic carbocycles.